The van der Waals surface area contributed by atoms with E-state index in [2.05, 4.69) is 38.9 Å². The first-order valence-electron chi connectivity index (χ1n) is 8.24. The van der Waals surface area contributed by atoms with Crippen LogP contribution in [-0.4, -0.2) is 30.1 Å². The average molecular weight is 344 g/mol. The second-order valence-electron chi connectivity index (χ2n) is 6.52. The maximum atomic E-state index is 12.5. The molecule has 1 unspecified atom stereocenters. The number of nitrogens with one attached hydrogen (secondary N) is 1. The predicted molar refractivity (Wildman–Crippen MR) is 90.8 cm³/mol. The van der Waals surface area contributed by atoms with Crippen molar-refractivity contribution in [2.45, 2.75) is 45.7 Å². The lowest BCUT2D eigenvalue weighted by atomic mass is 10.0. The summed E-state index contributed by atoms with van der Waals surface area (Å²) in [4.78, 5) is 17.9. The molecular weight excluding hydrogens is 324 g/mol. The maximum Gasteiger partial charge on any atom is 0.226 e. The van der Waals surface area contributed by atoms with E-state index in [1.54, 1.807) is 11.3 Å². The quantitative estimate of drug-likeness (QED) is 0.768. The van der Waals surface area contributed by atoms with Crippen LogP contribution in [0.2, 0.25) is 0 Å². The molecule has 0 saturated heterocycles. The summed E-state index contributed by atoms with van der Waals surface area (Å²) in [5.74, 6) is 2.11. The number of aryl methyl sites for hydroxylation is 1. The summed E-state index contributed by atoms with van der Waals surface area (Å²) >= 11 is 1.56. The third-order valence-electron chi connectivity index (χ3n) is 4.38. The van der Waals surface area contributed by atoms with E-state index in [1.165, 1.54) is 0 Å². The van der Waals surface area contributed by atoms with Crippen molar-refractivity contribution < 1.29 is 4.79 Å². The Balaban J connectivity index is 1.50. The van der Waals surface area contributed by atoms with Crippen LogP contribution in [0.5, 0.6) is 0 Å². The van der Waals surface area contributed by atoms with Crippen LogP contribution in [-0.2, 0) is 24.2 Å². The molecule has 1 atom stereocenters. The summed E-state index contributed by atoms with van der Waals surface area (Å²) in [5, 5.41) is 13.7. The number of rotatable bonds is 5. The van der Waals surface area contributed by atoms with E-state index >= 15 is 0 Å². The summed E-state index contributed by atoms with van der Waals surface area (Å²) in [6.07, 6.45) is 6.20. The van der Waals surface area contributed by atoms with Gasteiger partial charge in [0, 0.05) is 30.7 Å². The van der Waals surface area contributed by atoms with Gasteiger partial charge < -0.3 is 9.88 Å². The Morgan fingerprint density at radius 3 is 3.08 bits per heavy atom. The normalized spacial score (nSPS) is 15.1. The standard InChI is InChI=1S/C16H20N6OS/c1-10(2)14(15-20-19-12-4-3-5-22(12)15)18-13(23)8-11-9-21-6-7-24-16(21)17-11/h6-7,9-10,14H,3-5,8H2,1-2H3,(H,18,23). The molecule has 1 amide bonds. The number of aromatic nitrogens is 5. The van der Waals surface area contributed by atoms with Crippen LogP contribution < -0.4 is 5.32 Å². The second kappa shape index (κ2) is 6.01. The number of carbonyl (C=O) groups is 1. The summed E-state index contributed by atoms with van der Waals surface area (Å²) in [5.41, 5.74) is 0.785. The highest BCUT2D eigenvalue weighted by molar-refractivity contribution is 7.15. The van der Waals surface area contributed by atoms with Crippen molar-refractivity contribution in [2.75, 3.05) is 0 Å². The molecule has 1 N–H and O–H groups in total. The number of hydrogen-bond acceptors (Lipinski definition) is 5. The molecule has 8 heteroatoms. The van der Waals surface area contributed by atoms with Gasteiger partial charge >= 0.3 is 0 Å². The van der Waals surface area contributed by atoms with Crippen LogP contribution >= 0.6 is 11.3 Å². The Morgan fingerprint density at radius 1 is 1.42 bits per heavy atom. The highest BCUT2D eigenvalue weighted by atomic mass is 32.1. The van der Waals surface area contributed by atoms with E-state index in [-0.39, 0.29) is 24.3 Å². The van der Waals surface area contributed by atoms with Crippen LogP contribution in [0, 0.1) is 5.92 Å². The molecule has 0 fully saturated rings. The number of fused-ring (bicyclic) bond motifs is 2. The van der Waals surface area contributed by atoms with Crippen molar-refractivity contribution in [3.8, 4) is 0 Å². The fourth-order valence-electron chi connectivity index (χ4n) is 3.18. The molecule has 3 aromatic rings. The zero-order valence-electron chi connectivity index (χ0n) is 13.8. The Hall–Kier alpha value is -2.22. The molecule has 0 aliphatic carbocycles. The molecule has 24 heavy (non-hydrogen) atoms. The summed E-state index contributed by atoms with van der Waals surface area (Å²) in [6, 6.07) is -0.124. The Bertz CT molecular complexity index is 848. The fourth-order valence-corrected chi connectivity index (χ4v) is 3.90. The van der Waals surface area contributed by atoms with Gasteiger partial charge in [-0.25, -0.2) is 4.98 Å². The number of imidazole rings is 1. The summed E-state index contributed by atoms with van der Waals surface area (Å²) in [6.45, 7) is 5.12. The molecule has 3 aromatic heterocycles. The molecule has 0 saturated carbocycles. The smallest absolute Gasteiger partial charge is 0.226 e. The first-order chi connectivity index (χ1) is 11.6. The molecule has 0 spiro atoms. The zero-order valence-corrected chi connectivity index (χ0v) is 14.6. The first kappa shape index (κ1) is 15.3. The van der Waals surface area contributed by atoms with E-state index in [4.69, 9.17) is 0 Å². The van der Waals surface area contributed by atoms with Crippen LogP contribution in [0.15, 0.2) is 17.8 Å². The van der Waals surface area contributed by atoms with Crippen molar-refractivity contribution in [1.29, 1.82) is 0 Å². The Kier molecular flexibility index (Phi) is 3.84. The van der Waals surface area contributed by atoms with Gasteiger partial charge in [-0.1, -0.05) is 13.8 Å². The lowest BCUT2D eigenvalue weighted by molar-refractivity contribution is -0.121. The van der Waals surface area contributed by atoms with Gasteiger partial charge in [0.2, 0.25) is 5.91 Å². The summed E-state index contributed by atoms with van der Waals surface area (Å²) in [7, 11) is 0. The largest absolute Gasteiger partial charge is 0.345 e. The summed E-state index contributed by atoms with van der Waals surface area (Å²) < 4.78 is 4.09. The third-order valence-corrected chi connectivity index (χ3v) is 5.15. The minimum absolute atomic E-state index is 0.0326. The molecule has 1 aliphatic heterocycles. The van der Waals surface area contributed by atoms with Gasteiger partial charge in [0.15, 0.2) is 10.8 Å². The van der Waals surface area contributed by atoms with Crippen molar-refractivity contribution in [2.24, 2.45) is 5.92 Å². The lowest BCUT2D eigenvalue weighted by Crippen LogP contribution is -2.34. The Labute approximate surface area is 143 Å². The van der Waals surface area contributed by atoms with Crippen molar-refractivity contribution in [3.05, 3.63) is 35.1 Å². The lowest BCUT2D eigenvalue weighted by Gasteiger charge is -2.21. The Morgan fingerprint density at radius 2 is 2.29 bits per heavy atom. The molecule has 0 aromatic carbocycles. The van der Waals surface area contributed by atoms with Crippen LogP contribution in [0.25, 0.3) is 4.96 Å². The predicted octanol–water partition coefficient (Wildman–Crippen LogP) is 1.99. The molecule has 4 rings (SSSR count). The van der Waals surface area contributed by atoms with Gasteiger partial charge in [-0.3, -0.25) is 9.20 Å². The molecule has 1 aliphatic rings. The number of hydrogen-bond donors (Lipinski definition) is 1. The van der Waals surface area contributed by atoms with E-state index in [1.807, 2.05) is 22.2 Å². The minimum Gasteiger partial charge on any atom is -0.345 e. The third kappa shape index (κ3) is 2.71. The first-order valence-corrected chi connectivity index (χ1v) is 9.12. The number of nitrogens with zero attached hydrogens (tertiary/aromatic N) is 5. The van der Waals surface area contributed by atoms with Crippen molar-refractivity contribution in [3.63, 3.8) is 0 Å². The van der Waals surface area contributed by atoms with Gasteiger partial charge in [-0.2, -0.15) is 0 Å². The highest BCUT2D eigenvalue weighted by Gasteiger charge is 2.27. The van der Waals surface area contributed by atoms with E-state index in [9.17, 15) is 4.79 Å². The molecule has 4 heterocycles. The molecule has 0 bridgehead atoms. The topological polar surface area (TPSA) is 77.1 Å². The molecule has 0 radical (unpaired) electrons. The SMILES string of the molecule is CC(C)C(NC(=O)Cc1cn2ccsc2n1)c1nnc2n1CCC2. The molecule has 126 valence electrons. The number of amides is 1. The van der Waals surface area contributed by atoms with Crippen molar-refractivity contribution >= 4 is 22.2 Å². The van der Waals surface area contributed by atoms with Crippen LogP contribution in [0.3, 0.4) is 0 Å². The van der Waals surface area contributed by atoms with Gasteiger partial charge in [0.05, 0.1) is 18.2 Å². The fraction of sp³-hybridized carbons (Fsp3) is 0.500. The zero-order chi connectivity index (χ0) is 16.7. The average Bonchev–Trinajstić information content (AvgIpc) is 3.24. The van der Waals surface area contributed by atoms with E-state index in [0.29, 0.717) is 0 Å². The highest BCUT2D eigenvalue weighted by Crippen LogP contribution is 2.24. The van der Waals surface area contributed by atoms with Crippen molar-refractivity contribution in [1.82, 2.24) is 29.5 Å². The van der Waals surface area contributed by atoms with E-state index < -0.39 is 0 Å². The van der Waals surface area contributed by atoms with Gasteiger partial charge in [0.1, 0.15) is 5.82 Å². The van der Waals surface area contributed by atoms with Gasteiger partial charge in [-0.15, -0.1) is 21.5 Å². The number of carbonyl (C=O) groups excluding carboxylic acids is 1. The monoisotopic (exact) mass is 344 g/mol. The molecule has 7 nitrogen and oxygen atoms in total. The van der Waals surface area contributed by atoms with Gasteiger partial charge in [-0.05, 0) is 12.3 Å². The van der Waals surface area contributed by atoms with Crippen LogP contribution in [0.1, 0.15) is 43.7 Å². The maximum absolute atomic E-state index is 12.5. The number of thiazole rings is 1. The minimum atomic E-state index is -0.124. The second-order valence-corrected chi connectivity index (χ2v) is 7.39. The van der Waals surface area contributed by atoms with E-state index in [0.717, 1.165) is 41.7 Å². The van der Waals surface area contributed by atoms with Gasteiger partial charge in [0.25, 0.3) is 0 Å². The molecular formula is C16H20N6OS. The van der Waals surface area contributed by atoms with Crippen LogP contribution in [0.4, 0.5) is 0 Å².